The van der Waals surface area contributed by atoms with Gasteiger partial charge in [-0.3, -0.25) is 4.98 Å². The maximum Gasteiger partial charge on any atom is 2.00 e. The fraction of sp³-hybridized carbons (Fsp3) is 0. The van der Waals surface area contributed by atoms with E-state index in [1.807, 2.05) is 0 Å². The van der Waals surface area contributed by atoms with E-state index >= 15 is 0 Å². The topological polar surface area (TPSA) is 49.6 Å². The molecule has 0 aliphatic heterocycles. The van der Waals surface area contributed by atoms with E-state index in [1.54, 1.807) is 42.7 Å². The Morgan fingerprint density at radius 3 is 1.94 bits per heavy atom. The summed E-state index contributed by atoms with van der Waals surface area (Å²) in [7, 11) is 0. The first-order chi connectivity index (χ1) is 6.79. The molecule has 96 valence electrons. The van der Waals surface area contributed by atoms with Crippen molar-refractivity contribution in [1.29, 1.82) is 0 Å². The molecule has 3 nitrogen and oxygen atoms in total. The molecule has 0 saturated heterocycles. The van der Waals surface area contributed by atoms with Crippen LogP contribution in [0, 0.1) is 6.07 Å². The molecule has 0 aliphatic carbocycles. The average Bonchev–Trinajstić information content (AvgIpc) is 2.21. The minimum atomic E-state index is 0. The molecular formula is C10H14ClN3P2Pd. The summed E-state index contributed by atoms with van der Waals surface area (Å²) in [4.78, 5) is 7.33. The summed E-state index contributed by atoms with van der Waals surface area (Å²) < 4.78 is 0. The van der Waals surface area contributed by atoms with Crippen molar-refractivity contribution in [1.82, 2.24) is 9.97 Å². The van der Waals surface area contributed by atoms with Gasteiger partial charge in [0.1, 0.15) is 0 Å². The van der Waals surface area contributed by atoms with Crippen molar-refractivity contribution in [3.8, 4) is 0 Å². The van der Waals surface area contributed by atoms with Crippen LogP contribution in [0.25, 0.3) is 5.73 Å². The number of halogens is 1. The molecule has 2 aromatic heterocycles. The molecule has 0 aliphatic rings. The van der Waals surface area contributed by atoms with E-state index in [4.69, 9.17) is 17.3 Å². The predicted octanol–water partition coefficient (Wildman–Crippen LogP) is 3.41. The van der Waals surface area contributed by atoms with Crippen LogP contribution in [0.15, 0.2) is 42.7 Å². The van der Waals surface area contributed by atoms with Gasteiger partial charge in [-0.2, -0.15) is 25.9 Å². The summed E-state index contributed by atoms with van der Waals surface area (Å²) in [6.07, 6.45) is 3.22. The van der Waals surface area contributed by atoms with Crippen LogP contribution in [0.1, 0.15) is 0 Å². The van der Waals surface area contributed by atoms with Gasteiger partial charge in [0.25, 0.3) is 0 Å². The Labute approximate surface area is 127 Å². The van der Waals surface area contributed by atoms with E-state index in [2.05, 4.69) is 16.0 Å². The van der Waals surface area contributed by atoms with E-state index in [0.717, 1.165) is 0 Å². The van der Waals surface area contributed by atoms with Crippen molar-refractivity contribution in [2.24, 2.45) is 0 Å². The van der Waals surface area contributed by atoms with Gasteiger partial charge >= 0.3 is 20.4 Å². The summed E-state index contributed by atoms with van der Waals surface area (Å²) in [6, 6.07) is 11.4. The Balaban J connectivity index is -0.000000196. The summed E-state index contributed by atoms with van der Waals surface area (Å²) in [5.41, 5.74) is 6.88. The average molecular weight is 380 g/mol. The molecule has 7 heteroatoms. The Hall–Kier alpha value is -0.0877. The second-order valence-corrected chi connectivity index (χ2v) is 2.65. The van der Waals surface area contributed by atoms with Gasteiger partial charge in [-0.1, -0.05) is 48.0 Å². The van der Waals surface area contributed by atoms with Crippen LogP contribution >= 0.6 is 31.4 Å². The summed E-state index contributed by atoms with van der Waals surface area (Å²) in [6.45, 7) is 0. The standard InChI is InChI=1S/C5H3ClN.C5H5N2.2H3P.Pd/c2*6-5-3-1-2-4-7-5;;;/h1-2,4H;1-4H,(H-,6,7);2*1H3;/q2*-1;;;+2. The molecule has 2 aromatic rings. The molecular weight excluding hydrogens is 366 g/mol. The second kappa shape index (κ2) is 14.0. The first kappa shape index (κ1) is 22.1. The van der Waals surface area contributed by atoms with Gasteiger partial charge in [-0.25, -0.2) is 12.1 Å². The minimum absolute atomic E-state index is 0. The van der Waals surface area contributed by atoms with Crippen LogP contribution in [-0.4, -0.2) is 9.97 Å². The van der Waals surface area contributed by atoms with Crippen molar-refractivity contribution in [2.75, 3.05) is 0 Å². The molecule has 2 atom stereocenters. The van der Waals surface area contributed by atoms with Gasteiger partial charge in [0.05, 0.1) is 0 Å². The van der Waals surface area contributed by atoms with E-state index in [0.29, 0.717) is 11.0 Å². The first-order valence-corrected chi connectivity index (χ1v) is 4.27. The van der Waals surface area contributed by atoms with E-state index in [1.165, 1.54) is 0 Å². The SMILES string of the molecule is Clc1[c-]cccn1.P.P.[NH-]c1ccccn1.[Pd+2]. The van der Waals surface area contributed by atoms with Crippen molar-refractivity contribution >= 4 is 37.2 Å². The Kier molecular flexibility index (Phi) is 18.2. The van der Waals surface area contributed by atoms with Gasteiger partial charge in [0, 0.05) is 5.15 Å². The van der Waals surface area contributed by atoms with Crippen molar-refractivity contribution in [3.63, 3.8) is 0 Å². The molecule has 0 bridgehead atoms. The second-order valence-electron chi connectivity index (χ2n) is 2.29. The molecule has 2 rings (SSSR count). The smallest absolute Gasteiger partial charge is 0.482 e. The third-order valence-electron chi connectivity index (χ3n) is 1.24. The molecule has 0 spiro atoms. The van der Waals surface area contributed by atoms with Crippen LogP contribution in [-0.2, 0) is 20.4 Å². The van der Waals surface area contributed by atoms with Crippen molar-refractivity contribution in [3.05, 3.63) is 59.7 Å². The van der Waals surface area contributed by atoms with Gasteiger partial charge < -0.3 is 10.7 Å². The summed E-state index contributed by atoms with van der Waals surface area (Å²) in [5.74, 6) is 0.322. The molecule has 1 N–H and O–H groups in total. The van der Waals surface area contributed by atoms with Crippen LogP contribution in [0.3, 0.4) is 0 Å². The third-order valence-corrected chi connectivity index (χ3v) is 1.44. The Bertz CT molecular complexity index is 327. The number of nitrogens with one attached hydrogen (secondary N) is 1. The van der Waals surface area contributed by atoms with Crippen LogP contribution in [0.2, 0.25) is 5.15 Å². The molecule has 0 saturated carbocycles. The molecule has 2 unspecified atom stereocenters. The normalized spacial score (nSPS) is 7.12. The number of hydrogen-bond donors (Lipinski definition) is 0. The van der Waals surface area contributed by atoms with Gasteiger partial charge in [-0.05, 0) is 0 Å². The predicted molar refractivity (Wildman–Crippen MR) is 78.5 cm³/mol. The first-order valence-electron chi connectivity index (χ1n) is 3.90. The van der Waals surface area contributed by atoms with E-state index in [9.17, 15) is 0 Å². The molecule has 0 fully saturated rings. The number of hydrogen-bond acceptors (Lipinski definition) is 2. The van der Waals surface area contributed by atoms with E-state index < -0.39 is 0 Å². The van der Waals surface area contributed by atoms with Gasteiger partial charge in [-0.15, -0.1) is 0 Å². The quantitative estimate of drug-likeness (QED) is 0.305. The number of aromatic nitrogens is 2. The molecule has 2 heterocycles. The number of nitrogens with zero attached hydrogens (tertiary/aromatic N) is 2. The molecule has 17 heavy (non-hydrogen) atoms. The summed E-state index contributed by atoms with van der Waals surface area (Å²) in [5, 5.41) is 0.419. The zero-order chi connectivity index (χ0) is 10.2. The van der Waals surface area contributed by atoms with Crippen LogP contribution < -0.4 is 0 Å². The number of pyridine rings is 2. The van der Waals surface area contributed by atoms with Crippen molar-refractivity contribution < 1.29 is 20.4 Å². The largest absolute Gasteiger partial charge is 2.00 e. The summed E-state index contributed by atoms with van der Waals surface area (Å²) >= 11 is 5.37. The Morgan fingerprint density at radius 2 is 1.71 bits per heavy atom. The Morgan fingerprint density at radius 1 is 1.06 bits per heavy atom. The maximum atomic E-state index is 6.88. The molecule has 0 amide bonds. The molecule has 0 aromatic carbocycles. The number of rotatable bonds is 0. The minimum Gasteiger partial charge on any atom is -0.482 e. The van der Waals surface area contributed by atoms with Gasteiger partial charge in [0.2, 0.25) is 0 Å². The van der Waals surface area contributed by atoms with Crippen LogP contribution in [0.4, 0.5) is 5.82 Å². The third kappa shape index (κ3) is 12.2. The zero-order valence-corrected chi connectivity index (χ0v) is 14.2. The zero-order valence-electron chi connectivity index (χ0n) is 9.04. The van der Waals surface area contributed by atoms with Gasteiger partial charge in [0.15, 0.2) is 0 Å². The molecule has 0 radical (unpaired) electrons. The maximum absolute atomic E-state index is 6.88. The fourth-order valence-corrected chi connectivity index (χ4v) is 0.788. The van der Waals surface area contributed by atoms with Crippen molar-refractivity contribution in [2.45, 2.75) is 0 Å². The fourth-order valence-electron chi connectivity index (χ4n) is 0.668. The van der Waals surface area contributed by atoms with Crippen LogP contribution in [0.5, 0.6) is 0 Å². The monoisotopic (exact) mass is 379 g/mol. The van der Waals surface area contributed by atoms with E-state index in [-0.39, 0.29) is 40.2 Å².